The standard InChI is InChI=1S/C15H15N5O/c1-3-16-14-11-7-5-4-6-10(11)12(19-20-14)13-15(21-2)18-9-8-17-13/h4-9H,3H2,1-2H3,(H,16,20). The van der Waals surface area contributed by atoms with Crippen molar-refractivity contribution in [3.05, 3.63) is 36.7 Å². The Morgan fingerprint density at radius 1 is 1.00 bits per heavy atom. The SMILES string of the molecule is CCNc1nnc(-c2nccnc2OC)c2ccccc12. The summed E-state index contributed by atoms with van der Waals surface area (Å²) in [4.78, 5) is 8.51. The molecular formula is C15H15N5O. The zero-order valence-electron chi connectivity index (χ0n) is 11.9. The van der Waals surface area contributed by atoms with Crippen LogP contribution in [0.25, 0.3) is 22.2 Å². The van der Waals surface area contributed by atoms with Crippen molar-refractivity contribution in [1.29, 1.82) is 0 Å². The van der Waals surface area contributed by atoms with Crippen molar-refractivity contribution in [2.45, 2.75) is 6.92 Å². The molecule has 2 heterocycles. The minimum absolute atomic E-state index is 0.438. The maximum absolute atomic E-state index is 5.27. The fraction of sp³-hybridized carbons (Fsp3) is 0.200. The summed E-state index contributed by atoms with van der Waals surface area (Å²) in [5, 5.41) is 13.7. The van der Waals surface area contributed by atoms with Gasteiger partial charge in [0.05, 0.1) is 7.11 Å². The van der Waals surface area contributed by atoms with Gasteiger partial charge in [-0.25, -0.2) is 9.97 Å². The van der Waals surface area contributed by atoms with Crippen LogP contribution in [-0.2, 0) is 0 Å². The first-order chi connectivity index (χ1) is 10.3. The third-order valence-corrected chi connectivity index (χ3v) is 3.11. The number of nitrogens with one attached hydrogen (secondary N) is 1. The van der Waals surface area contributed by atoms with Crippen LogP contribution >= 0.6 is 0 Å². The summed E-state index contributed by atoms with van der Waals surface area (Å²) in [5.74, 6) is 1.20. The van der Waals surface area contributed by atoms with E-state index >= 15 is 0 Å². The van der Waals surface area contributed by atoms with Gasteiger partial charge in [-0.2, -0.15) is 0 Å². The van der Waals surface area contributed by atoms with Crippen molar-refractivity contribution in [3.63, 3.8) is 0 Å². The summed E-state index contributed by atoms with van der Waals surface area (Å²) in [6.07, 6.45) is 3.21. The number of hydrogen-bond donors (Lipinski definition) is 1. The van der Waals surface area contributed by atoms with Crippen LogP contribution in [0.2, 0.25) is 0 Å². The molecule has 0 unspecified atom stereocenters. The average molecular weight is 281 g/mol. The molecule has 3 aromatic rings. The van der Waals surface area contributed by atoms with Crippen LogP contribution in [0, 0.1) is 0 Å². The topological polar surface area (TPSA) is 72.8 Å². The fourth-order valence-electron chi connectivity index (χ4n) is 2.21. The van der Waals surface area contributed by atoms with E-state index in [2.05, 4.69) is 25.5 Å². The van der Waals surface area contributed by atoms with Crippen molar-refractivity contribution in [2.75, 3.05) is 19.0 Å². The van der Waals surface area contributed by atoms with Crippen LogP contribution in [-0.4, -0.2) is 33.8 Å². The lowest BCUT2D eigenvalue weighted by atomic mass is 10.1. The molecule has 0 atom stereocenters. The summed E-state index contributed by atoms with van der Waals surface area (Å²) < 4.78 is 5.27. The largest absolute Gasteiger partial charge is 0.479 e. The second-order valence-corrected chi connectivity index (χ2v) is 4.39. The highest BCUT2D eigenvalue weighted by molar-refractivity contribution is 5.99. The minimum Gasteiger partial charge on any atom is -0.479 e. The Bertz CT molecular complexity index is 775. The average Bonchev–Trinajstić information content (AvgIpc) is 2.55. The Morgan fingerprint density at radius 3 is 2.52 bits per heavy atom. The van der Waals surface area contributed by atoms with Gasteiger partial charge in [0.1, 0.15) is 5.69 Å². The number of ether oxygens (including phenoxy) is 1. The minimum atomic E-state index is 0.438. The Labute approximate surface area is 122 Å². The van der Waals surface area contributed by atoms with Gasteiger partial charge < -0.3 is 10.1 Å². The second-order valence-electron chi connectivity index (χ2n) is 4.39. The van der Waals surface area contributed by atoms with E-state index in [0.29, 0.717) is 17.3 Å². The van der Waals surface area contributed by atoms with Gasteiger partial charge in [0.15, 0.2) is 11.5 Å². The van der Waals surface area contributed by atoms with Crippen LogP contribution in [0.1, 0.15) is 6.92 Å². The number of hydrogen-bond acceptors (Lipinski definition) is 6. The molecule has 1 N–H and O–H groups in total. The Kier molecular flexibility index (Phi) is 3.59. The zero-order chi connectivity index (χ0) is 14.7. The molecule has 0 radical (unpaired) electrons. The highest BCUT2D eigenvalue weighted by Gasteiger charge is 2.15. The van der Waals surface area contributed by atoms with Crippen LogP contribution in [0.5, 0.6) is 5.88 Å². The molecule has 21 heavy (non-hydrogen) atoms. The number of nitrogens with zero attached hydrogens (tertiary/aromatic N) is 4. The normalized spacial score (nSPS) is 10.6. The summed E-state index contributed by atoms with van der Waals surface area (Å²) in [6.45, 7) is 2.81. The first-order valence-electron chi connectivity index (χ1n) is 6.69. The lowest BCUT2D eigenvalue weighted by Crippen LogP contribution is -2.04. The maximum Gasteiger partial charge on any atom is 0.242 e. The van der Waals surface area contributed by atoms with E-state index in [1.54, 1.807) is 19.5 Å². The van der Waals surface area contributed by atoms with E-state index in [1.807, 2.05) is 31.2 Å². The molecule has 0 spiro atoms. The molecular weight excluding hydrogens is 266 g/mol. The molecule has 0 saturated carbocycles. The number of benzene rings is 1. The maximum atomic E-state index is 5.27. The molecule has 106 valence electrons. The molecule has 0 amide bonds. The monoisotopic (exact) mass is 281 g/mol. The molecule has 6 heteroatoms. The van der Waals surface area contributed by atoms with Gasteiger partial charge >= 0.3 is 0 Å². The molecule has 0 fully saturated rings. The van der Waals surface area contributed by atoms with E-state index < -0.39 is 0 Å². The summed E-state index contributed by atoms with van der Waals surface area (Å²) in [7, 11) is 1.57. The summed E-state index contributed by atoms with van der Waals surface area (Å²) in [6, 6.07) is 7.94. The van der Waals surface area contributed by atoms with E-state index in [9.17, 15) is 0 Å². The summed E-state index contributed by atoms with van der Waals surface area (Å²) in [5.41, 5.74) is 1.25. The molecule has 0 saturated heterocycles. The molecule has 1 aromatic carbocycles. The van der Waals surface area contributed by atoms with Crippen molar-refractivity contribution in [3.8, 4) is 17.3 Å². The predicted octanol–water partition coefficient (Wildman–Crippen LogP) is 2.53. The van der Waals surface area contributed by atoms with Gasteiger partial charge in [0.2, 0.25) is 5.88 Å². The van der Waals surface area contributed by atoms with Gasteiger partial charge in [0.25, 0.3) is 0 Å². The van der Waals surface area contributed by atoms with Gasteiger partial charge in [-0.15, -0.1) is 10.2 Å². The first kappa shape index (κ1) is 13.2. The van der Waals surface area contributed by atoms with Crippen LogP contribution in [0.4, 0.5) is 5.82 Å². The van der Waals surface area contributed by atoms with E-state index in [-0.39, 0.29) is 0 Å². The molecule has 0 aliphatic rings. The van der Waals surface area contributed by atoms with E-state index in [0.717, 1.165) is 23.1 Å². The lowest BCUT2D eigenvalue weighted by Gasteiger charge is -2.10. The first-order valence-corrected chi connectivity index (χ1v) is 6.69. The fourth-order valence-corrected chi connectivity index (χ4v) is 2.21. The van der Waals surface area contributed by atoms with Crippen molar-refractivity contribution in [1.82, 2.24) is 20.2 Å². The zero-order valence-corrected chi connectivity index (χ0v) is 11.9. The van der Waals surface area contributed by atoms with Crippen molar-refractivity contribution in [2.24, 2.45) is 0 Å². The van der Waals surface area contributed by atoms with Crippen molar-refractivity contribution >= 4 is 16.6 Å². The predicted molar refractivity (Wildman–Crippen MR) is 81.3 cm³/mol. The Balaban J connectivity index is 2.27. The van der Waals surface area contributed by atoms with Crippen molar-refractivity contribution < 1.29 is 4.74 Å². The number of fused-ring (bicyclic) bond motifs is 1. The van der Waals surface area contributed by atoms with Gasteiger partial charge in [-0.3, -0.25) is 0 Å². The summed E-state index contributed by atoms with van der Waals surface area (Å²) >= 11 is 0. The second kappa shape index (κ2) is 5.70. The molecule has 0 aliphatic heterocycles. The van der Waals surface area contributed by atoms with Crippen LogP contribution in [0.3, 0.4) is 0 Å². The number of methoxy groups -OCH3 is 1. The number of aromatic nitrogens is 4. The molecule has 3 rings (SSSR count). The Hall–Kier alpha value is -2.76. The van der Waals surface area contributed by atoms with Gasteiger partial charge in [-0.1, -0.05) is 24.3 Å². The number of anilines is 1. The lowest BCUT2D eigenvalue weighted by molar-refractivity contribution is 0.397. The molecule has 2 aromatic heterocycles. The van der Waals surface area contributed by atoms with Gasteiger partial charge in [0, 0.05) is 29.7 Å². The van der Waals surface area contributed by atoms with Crippen LogP contribution < -0.4 is 10.1 Å². The van der Waals surface area contributed by atoms with E-state index in [4.69, 9.17) is 4.74 Å². The molecule has 0 bridgehead atoms. The Morgan fingerprint density at radius 2 is 1.76 bits per heavy atom. The third kappa shape index (κ3) is 2.35. The quantitative estimate of drug-likeness (QED) is 0.792. The highest BCUT2D eigenvalue weighted by atomic mass is 16.5. The third-order valence-electron chi connectivity index (χ3n) is 3.11. The van der Waals surface area contributed by atoms with E-state index in [1.165, 1.54) is 0 Å². The molecule has 6 nitrogen and oxygen atoms in total. The molecule has 0 aliphatic carbocycles. The van der Waals surface area contributed by atoms with Gasteiger partial charge in [-0.05, 0) is 6.92 Å². The smallest absolute Gasteiger partial charge is 0.242 e. The number of rotatable bonds is 4. The van der Waals surface area contributed by atoms with Crippen LogP contribution in [0.15, 0.2) is 36.7 Å². The highest BCUT2D eigenvalue weighted by Crippen LogP contribution is 2.31.